The first-order chi connectivity index (χ1) is 7.08. The lowest BCUT2D eigenvalue weighted by atomic mass is 10.0. The standard InChI is InChI=1S/C11H21N3S/c1-8(2)5-4-6-9(3)14-11-13-7-10(12)15-11/h7-9H,4-6,12H2,1-3H3,(H,13,14). The summed E-state index contributed by atoms with van der Waals surface area (Å²) < 4.78 is 0. The zero-order valence-corrected chi connectivity index (χ0v) is 10.6. The van der Waals surface area contributed by atoms with Crippen LogP contribution in [0, 0.1) is 5.92 Å². The smallest absolute Gasteiger partial charge is 0.184 e. The fourth-order valence-corrected chi connectivity index (χ4v) is 2.16. The highest BCUT2D eigenvalue weighted by molar-refractivity contribution is 7.19. The fourth-order valence-electron chi connectivity index (χ4n) is 1.47. The Morgan fingerprint density at radius 2 is 2.13 bits per heavy atom. The van der Waals surface area contributed by atoms with Crippen molar-refractivity contribution in [2.75, 3.05) is 11.1 Å². The molecule has 1 heterocycles. The summed E-state index contributed by atoms with van der Waals surface area (Å²) >= 11 is 1.51. The number of hydrogen-bond donors (Lipinski definition) is 2. The Kier molecular flexibility index (Phi) is 4.88. The molecule has 0 amide bonds. The second-order valence-corrected chi connectivity index (χ2v) is 5.50. The third kappa shape index (κ3) is 5.02. The van der Waals surface area contributed by atoms with E-state index < -0.39 is 0 Å². The zero-order chi connectivity index (χ0) is 11.3. The van der Waals surface area contributed by atoms with Crippen molar-refractivity contribution in [1.29, 1.82) is 0 Å². The van der Waals surface area contributed by atoms with Crippen LogP contribution in [0.1, 0.15) is 40.0 Å². The van der Waals surface area contributed by atoms with Crippen molar-refractivity contribution in [3.8, 4) is 0 Å². The van der Waals surface area contributed by atoms with Crippen LogP contribution in [0.25, 0.3) is 0 Å². The van der Waals surface area contributed by atoms with E-state index in [2.05, 4.69) is 31.1 Å². The first kappa shape index (κ1) is 12.3. The zero-order valence-electron chi connectivity index (χ0n) is 9.79. The van der Waals surface area contributed by atoms with Crippen LogP contribution in [0.3, 0.4) is 0 Å². The van der Waals surface area contributed by atoms with Gasteiger partial charge in [0.2, 0.25) is 0 Å². The molecule has 0 spiro atoms. The van der Waals surface area contributed by atoms with E-state index in [1.165, 1.54) is 30.6 Å². The number of rotatable bonds is 6. The van der Waals surface area contributed by atoms with Crippen molar-refractivity contribution in [3.05, 3.63) is 6.20 Å². The molecule has 0 aliphatic rings. The minimum Gasteiger partial charge on any atom is -0.389 e. The van der Waals surface area contributed by atoms with Crippen LogP contribution in [-0.2, 0) is 0 Å². The summed E-state index contributed by atoms with van der Waals surface area (Å²) in [5.41, 5.74) is 5.61. The molecule has 0 saturated heterocycles. The number of nitrogens with one attached hydrogen (secondary N) is 1. The number of anilines is 2. The Labute approximate surface area is 96.1 Å². The number of nitrogens with zero attached hydrogens (tertiary/aromatic N) is 1. The number of thiazole rings is 1. The molecule has 0 aliphatic heterocycles. The molecule has 3 nitrogen and oxygen atoms in total. The highest BCUT2D eigenvalue weighted by Crippen LogP contribution is 2.21. The minimum atomic E-state index is 0.481. The lowest BCUT2D eigenvalue weighted by molar-refractivity contribution is 0.520. The summed E-state index contributed by atoms with van der Waals surface area (Å²) in [5, 5.41) is 5.07. The Balaban J connectivity index is 2.21. The molecule has 0 aromatic carbocycles. The highest BCUT2D eigenvalue weighted by Gasteiger charge is 2.05. The number of nitrogen functional groups attached to an aromatic ring is 1. The van der Waals surface area contributed by atoms with E-state index in [1.807, 2.05) is 0 Å². The van der Waals surface area contributed by atoms with E-state index in [0.717, 1.165) is 16.1 Å². The van der Waals surface area contributed by atoms with Gasteiger partial charge in [-0.05, 0) is 19.3 Å². The maximum Gasteiger partial charge on any atom is 0.184 e. The average Bonchev–Trinajstić information content (AvgIpc) is 2.50. The van der Waals surface area contributed by atoms with E-state index in [1.54, 1.807) is 6.20 Å². The average molecular weight is 227 g/mol. The van der Waals surface area contributed by atoms with Crippen LogP contribution in [0.4, 0.5) is 10.1 Å². The number of hydrogen-bond acceptors (Lipinski definition) is 4. The summed E-state index contributed by atoms with van der Waals surface area (Å²) in [6.45, 7) is 6.72. The van der Waals surface area contributed by atoms with Gasteiger partial charge in [-0.25, -0.2) is 4.98 Å². The maximum atomic E-state index is 5.61. The molecule has 0 fully saturated rings. The van der Waals surface area contributed by atoms with Gasteiger partial charge in [0.25, 0.3) is 0 Å². The Bertz CT molecular complexity index is 283. The predicted molar refractivity (Wildman–Crippen MR) is 68.3 cm³/mol. The molecule has 0 aliphatic carbocycles. The van der Waals surface area contributed by atoms with Gasteiger partial charge in [-0.15, -0.1) is 0 Å². The molecule has 3 N–H and O–H groups in total. The lowest BCUT2D eigenvalue weighted by Gasteiger charge is -2.13. The molecule has 4 heteroatoms. The van der Waals surface area contributed by atoms with Crippen LogP contribution < -0.4 is 11.1 Å². The molecule has 86 valence electrons. The first-order valence-electron chi connectivity index (χ1n) is 5.55. The predicted octanol–water partition coefficient (Wildman–Crippen LogP) is 3.35. The Morgan fingerprint density at radius 3 is 2.67 bits per heavy atom. The topological polar surface area (TPSA) is 50.9 Å². The Hall–Kier alpha value is -0.770. The van der Waals surface area contributed by atoms with Gasteiger partial charge in [-0.2, -0.15) is 0 Å². The van der Waals surface area contributed by atoms with Gasteiger partial charge >= 0.3 is 0 Å². The second-order valence-electron chi connectivity index (χ2n) is 4.44. The third-order valence-corrected chi connectivity index (χ3v) is 3.07. The van der Waals surface area contributed by atoms with Gasteiger partial charge in [-0.1, -0.05) is 38.0 Å². The van der Waals surface area contributed by atoms with E-state index in [0.29, 0.717) is 6.04 Å². The number of aromatic nitrogens is 1. The van der Waals surface area contributed by atoms with Crippen molar-refractivity contribution in [2.24, 2.45) is 5.92 Å². The Morgan fingerprint density at radius 1 is 1.40 bits per heavy atom. The summed E-state index contributed by atoms with van der Waals surface area (Å²) in [5.74, 6) is 0.799. The van der Waals surface area contributed by atoms with E-state index in [4.69, 9.17) is 5.73 Å². The SMILES string of the molecule is CC(C)CCCC(C)Nc1ncc(N)s1. The normalized spacial score (nSPS) is 13.1. The van der Waals surface area contributed by atoms with Crippen molar-refractivity contribution in [3.63, 3.8) is 0 Å². The van der Waals surface area contributed by atoms with Crippen LogP contribution in [-0.4, -0.2) is 11.0 Å². The monoisotopic (exact) mass is 227 g/mol. The summed E-state index contributed by atoms with van der Waals surface area (Å²) in [7, 11) is 0. The molecule has 0 saturated carbocycles. The van der Waals surface area contributed by atoms with Crippen LogP contribution in [0.5, 0.6) is 0 Å². The van der Waals surface area contributed by atoms with Gasteiger partial charge in [0.05, 0.1) is 6.20 Å². The molecule has 0 radical (unpaired) electrons. The quantitative estimate of drug-likeness (QED) is 0.783. The van der Waals surface area contributed by atoms with Crippen LogP contribution in [0.15, 0.2) is 6.20 Å². The van der Waals surface area contributed by atoms with E-state index in [9.17, 15) is 0 Å². The minimum absolute atomic E-state index is 0.481. The van der Waals surface area contributed by atoms with Gasteiger partial charge in [0, 0.05) is 6.04 Å². The lowest BCUT2D eigenvalue weighted by Crippen LogP contribution is -2.14. The molecule has 1 atom stereocenters. The van der Waals surface area contributed by atoms with Gasteiger partial charge < -0.3 is 11.1 Å². The van der Waals surface area contributed by atoms with Gasteiger partial charge in [0.15, 0.2) is 5.13 Å². The molecular weight excluding hydrogens is 206 g/mol. The van der Waals surface area contributed by atoms with Crippen molar-refractivity contribution < 1.29 is 0 Å². The molecule has 1 aromatic heterocycles. The summed E-state index contributed by atoms with van der Waals surface area (Å²) in [4.78, 5) is 4.18. The molecule has 15 heavy (non-hydrogen) atoms. The fraction of sp³-hybridized carbons (Fsp3) is 0.727. The van der Waals surface area contributed by atoms with Crippen LogP contribution >= 0.6 is 11.3 Å². The summed E-state index contributed by atoms with van der Waals surface area (Å²) in [6.07, 6.45) is 5.46. The third-order valence-electron chi connectivity index (χ3n) is 2.31. The molecule has 0 bridgehead atoms. The van der Waals surface area contributed by atoms with Gasteiger partial charge in [0.1, 0.15) is 5.00 Å². The number of nitrogens with two attached hydrogens (primary N) is 1. The molecule has 1 rings (SSSR count). The first-order valence-corrected chi connectivity index (χ1v) is 6.37. The largest absolute Gasteiger partial charge is 0.389 e. The van der Waals surface area contributed by atoms with E-state index in [-0.39, 0.29) is 0 Å². The van der Waals surface area contributed by atoms with Crippen molar-refractivity contribution >= 4 is 21.5 Å². The summed E-state index contributed by atoms with van der Waals surface area (Å²) in [6, 6.07) is 0.481. The molecule has 1 aromatic rings. The van der Waals surface area contributed by atoms with Crippen LogP contribution in [0.2, 0.25) is 0 Å². The second kappa shape index (κ2) is 5.95. The molecular formula is C11H21N3S. The van der Waals surface area contributed by atoms with Crippen molar-refractivity contribution in [2.45, 2.75) is 46.1 Å². The van der Waals surface area contributed by atoms with E-state index >= 15 is 0 Å². The molecule has 1 unspecified atom stereocenters. The van der Waals surface area contributed by atoms with Gasteiger partial charge in [-0.3, -0.25) is 0 Å². The van der Waals surface area contributed by atoms with Crippen molar-refractivity contribution in [1.82, 2.24) is 4.98 Å². The highest BCUT2D eigenvalue weighted by atomic mass is 32.1. The maximum absolute atomic E-state index is 5.61.